The number of amides is 1. The molecule has 1 aromatic carbocycles. The molecule has 1 amide bonds. The van der Waals surface area contributed by atoms with E-state index < -0.39 is 0 Å². The molecule has 1 atom stereocenters. The number of benzene rings is 1. The molecule has 5 heteroatoms. The van der Waals surface area contributed by atoms with E-state index in [1.165, 1.54) is 24.1 Å². The smallest absolute Gasteiger partial charge is 0.226 e. The quantitative estimate of drug-likeness (QED) is 0.838. The summed E-state index contributed by atoms with van der Waals surface area (Å²) < 4.78 is 18.7. The first-order valence-electron chi connectivity index (χ1n) is 9.59. The third kappa shape index (κ3) is 3.53. The average molecular weight is 356 g/mol. The van der Waals surface area contributed by atoms with Gasteiger partial charge >= 0.3 is 0 Å². The molecule has 1 aromatic heterocycles. The number of aryl methyl sites for hydroxylation is 1. The zero-order chi connectivity index (χ0) is 18.1. The van der Waals surface area contributed by atoms with E-state index in [-0.39, 0.29) is 11.7 Å². The molecule has 0 N–H and O–H groups in total. The molecule has 1 aliphatic heterocycles. The van der Waals surface area contributed by atoms with Gasteiger partial charge in [-0.25, -0.2) is 4.39 Å². The summed E-state index contributed by atoms with van der Waals surface area (Å²) in [5, 5.41) is 4.30. The monoisotopic (exact) mass is 356 g/mol. The van der Waals surface area contributed by atoms with Gasteiger partial charge < -0.3 is 9.42 Å². The number of piperidine rings is 1. The zero-order valence-corrected chi connectivity index (χ0v) is 15.2. The molecule has 1 fully saturated rings. The largest absolute Gasteiger partial charge is 0.361 e. The summed E-state index contributed by atoms with van der Waals surface area (Å²) in [4.78, 5) is 14.4. The first-order valence-corrected chi connectivity index (χ1v) is 9.59. The van der Waals surface area contributed by atoms with Crippen molar-refractivity contribution in [3.63, 3.8) is 0 Å². The minimum Gasteiger partial charge on any atom is -0.361 e. The molecule has 0 spiro atoms. The van der Waals surface area contributed by atoms with E-state index in [0.717, 1.165) is 55.8 Å². The SMILES string of the molecule is C[C@@H]1CCc2noc(C3CCN(C(=O)Cc4ccc(F)cc4)CC3)c2C1. The van der Waals surface area contributed by atoms with Crippen molar-refractivity contribution >= 4 is 5.91 Å². The van der Waals surface area contributed by atoms with E-state index >= 15 is 0 Å². The van der Waals surface area contributed by atoms with Gasteiger partial charge in [-0.1, -0.05) is 24.2 Å². The molecule has 0 unspecified atom stereocenters. The molecule has 2 heterocycles. The maximum Gasteiger partial charge on any atom is 0.226 e. The maximum atomic E-state index is 13.0. The number of carbonyl (C=O) groups excluding carboxylic acids is 1. The van der Waals surface area contributed by atoms with E-state index in [1.807, 2.05) is 4.90 Å². The van der Waals surface area contributed by atoms with Crippen LogP contribution in [0.4, 0.5) is 4.39 Å². The first kappa shape index (κ1) is 17.3. The van der Waals surface area contributed by atoms with E-state index in [2.05, 4.69) is 12.1 Å². The van der Waals surface area contributed by atoms with E-state index in [0.29, 0.717) is 18.3 Å². The summed E-state index contributed by atoms with van der Waals surface area (Å²) in [6, 6.07) is 6.18. The Hall–Kier alpha value is -2.17. The minimum absolute atomic E-state index is 0.114. The van der Waals surface area contributed by atoms with Gasteiger partial charge in [0.05, 0.1) is 12.1 Å². The lowest BCUT2D eigenvalue weighted by Gasteiger charge is -2.31. The van der Waals surface area contributed by atoms with Gasteiger partial charge in [0.15, 0.2) is 0 Å². The van der Waals surface area contributed by atoms with Crippen LogP contribution in [0.1, 0.15) is 54.7 Å². The molecule has 138 valence electrons. The Morgan fingerprint density at radius 2 is 1.96 bits per heavy atom. The number of likely N-dealkylation sites (tertiary alicyclic amines) is 1. The Balaban J connectivity index is 1.36. The van der Waals surface area contributed by atoms with Crippen molar-refractivity contribution in [3.8, 4) is 0 Å². The summed E-state index contributed by atoms with van der Waals surface area (Å²) in [5.41, 5.74) is 3.34. The lowest BCUT2D eigenvalue weighted by atomic mass is 9.83. The highest BCUT2D eigenvalue weighted by molar-refractivity contribution is 5.78. The number of halogens is 1. The van der Waals surface area contributed by atoms with Gasteiger partial charge in [-0.05, 0) is 55.7 Å². The van der Waals surface area contributed by atoms with Crippen molar-refractivity contribution < 1.29 is 13.7 Å². The normalized spacial score (nSPS) is 20.8. The molecule has 0 radical (unpaired) electrons. The molecule has 2 aliphatic rings. The van der Waals surface area contributed by atoms with Gasteiger partial charge in [-0.2, -0.15) is 0 Å². The van der Waals surface area contributed by atoms with Crippen LogP contribution in [0.25, 0.3) is 0 Å². The number of hydrogen-bond acceptors (Lipinski definition) is 3. The fraction of sp³-hybridized carbons (Fsp3) is 0.524. The molecule has 1 aliphatic carbocycles. The van der Waals surface area contributed by atoms with Gasteiger partial charge in [0.1, 0.15) is 11.6 Å². The van der Waals surface area contributed by atoms with Crippen molar-refractivity contribution in [3.05, 3.63) is 52.7 Å². The fourth-order valence-corrected chi connectivity index (χ4v) is 4.21. The van der Waals surface area contributed by atoms with Gasteiger partial charge in [-0.3, -0.25) is 4.79 Å². The third-order valence-electron chi connectivity index (χ3n) is 5.81. The number of nitrogens with zero attached hydrogens (tertiary/aromatic N) is 2. The van der Waals surface area contributed by atoms with E-state index in [4.69, 9.17) is 4.52 Å². The number of rotatable bonds is 3. The predicted molar refractivity (Wildman–Crippen MR) is 96.4 cm³/mol. The van der Waals surface area contributed by atoms with Crippen LogP contribution in [0.5, 0.6) is 0 Å². The topological polar surface area (TPSA) is 46.3 Å². The lowest BCUT2D eigenvalue weighted by Crippen LogP contribution is -2.38. The van der Waals surface area contributed by atoms with E-state index in [1.54, 1.807) is 12.1 Å². The lowest BCUT2D eigenvalue weighted by molar-refractivity contribution is -0.131. The summed E-state index contributed by atoms with van der Waals surface area (Å²) in [6.07, 6.45) is 5.46. The van der Waals surface area contributed by atoms with Crippen molar-refractivity contribution in [1.82, 2.24) is 10.1 Å². The second-order valence-corrected chi connectivity index (χ2v) is 7.78. The van der Waals surface area contributed by atoms with Crippen LogP contribution in [0.3, 0.4) is 0 Å². The van der Waals surface area contributed by atoms with Crippen LogP contribution in [0, 0.1) is 11.7 Å². The molecule has 1 saturated heterocycles. The Morgan fingerprint density at radius 3 is 2.69 bits per heavy atom. The second kappa shape index (κ2) is 7.22. The van der Waals surface area contributed by atoms with Crippen LogP contribution < -0.4 is 0 Å². The van der Waals surface area contributed by atoms with E-state index in [9.17, 15) is 9.18 Å². The highest BCUT2D eigenvalue weighted by Gasteiger charge is 2.31. The van der Waals surface area contributed by atoms with Crippen LogP contribution >= 0.6 is 0 Å². The van der Waals surface area contributed by atoms with Crippen molar-refractivity contribution in [2.75, 3.05) is 13.1 Å². The van der Waals surface area contributed by atoms with Crippen molar-refractivity contribution in [2.45, 2.75) is 51.4 Å². The molecule has 0 saturated carbocycles. The van der Waals surface area contributed by atoms with Crippen LogP contribution in [0.2, 0.25) is 0 Å². The van der Waals surface area contributed by atoms with Crippen LogP contribution in [-0.2, 0) is 24.1 Å². The summed E-state index contributed by atoms with van der Waals surface area (Å²) in [5.74, 6) is 1.97. The number of hydrogen-bond donors (Lipinski definition) is 0. The third-order valence-corrected chi connectivity index (χ3v) is 5.81. The highest BCUT2D eigenvalue weighted by atomic mass is 19.1. The predicted octanol–water partition coefficient (Wildman–Crippen LogP) is 3.89. The number of carbonyl (C=O) groups is 1. The standard InChI is InChI=1S/C21H25FN2O2/c1-14-2-7-19-18(12-14)21(26-23-19)16-8-10-24(11-9-16)20(25)13-15-3-5-17(22)6-4-15/h3-6,14,16H,2,7-13H2,1H3/t14-/m1/s1. The summed E-state index contributed by atoms with van der Waals surface area (Å²) >= 11 is 0. The van der Waals surface area contributed by atoms with Gasteiger partial charge in [0, 0.05) is 24.6 Å². The molecule has 4 nitrogen and oxygen atoms in total. The molecule has 4 rings (SSSR count). The van der Waals surface area contributed by atoms with Gasteiger partial charge in [0.2, 0.25) is 5.91 Å². The molecule has 0 bridgehead atoms. The molecular formula is C21H25FN2O2. The number of fused-ring (bicyclic) bond motifs is 1. The van der Waals surface area contributed by atoms with Gasteiger partial charge in [0.25, 0.3) is 0 Å². The Kier molecular flexibility index (Phi) is 4.79. The maximum absolute atomic E-state index is 13.0. The second-order valence-electron chi connectivity index (χ2n) is 7.78. The summed E-state index contributed by atoms with van der Waals surface area (Å²) in [6.45, 7) is 3.78. The van der Waals surface area contributed by atoms with Crippen molar-refractivity contribution in [2.24, 2.45) is 5.92 Å². The van der Waals surface area contributed by atoms with Gasteiger partial charge in [-0.15, -0.1) is 0 Å². The minimum atomic E-state index is -0.272. The number of aromatic nitrogens is 1. The first-order chi connectivity index (χ1) is 12.6. The Labute approximate surface area is 153 Å². The zero-order valence-electron chi connectivity index (χ0n) is 15.2. The molecular weight excluding hydrogens is 331 g/mol. The van der Waals surface area contributed by atoms with Crippen molar-refractivity contribution in [1.29, 1.82) is 0 Å². The van der Waals surface area contributed by atoms with Crippen LogP contribution in [0.15, 0.2) is 28.8 Å². The highest BCUT2D eigenvalue weighted by Crippen LogP contribution is 2.36. The molecule has 26 heavy (non-hydrogen) atoms. The average Bonchev–Trinajstić information content (AvgIpc) is 3.06. The Morgan fingerprint density at radius 1 is 1.23 bits per heavy atom. The fourth-order valence-electron chi connectivity index (χ4n) is 4.21. The summed E-state index contributed by atoms with van der Waals surface area (Å²) in [7, 11) is 0. The Bertz CT molecular complexity index is 776. The molecule has 2 aromatic rings. The van der Waals surface area contributed by atoms with Crippen LogP contribution in [-0.4, -0.2) is 29.1 Å².